The molecule has 1 aliphatic carbocycles. The second-order valence-corrected chi connectivity index (χ2v) is 6.50. The quantitative estimate of drug-likeness (QED) is 0.886. The molecule has 0 atom stereocenters. The van der Waals surface area contributed by atoms with Crippen molar-refractivity contribution < 1.29 is 0 Å². The van der Waals surface area contributed by atoms with Gasteiger partial charge in [-0.15, -0.1) is 11.3 Å². The molecule has 1 aromatic rings. The van der Waals surface area contributed by atoms with Gasteiger partial charge >= 0.3 is 0 Å². The summed E-state index contributed by atoms with van der Waals surface area (Å²) in [6.45, 7) is 4.52. The van der Waals surface area contributed by atoms with Gasteiger partial charge in [-0.05, 0) is 45.1 Å². The van der Waals surface area contributed by atoms with Gasteiger partial charge in [0.25, 0.3) is 0 Å². The average molecular weight is 252 g/mol. The molecule has 0 radical (unpaired) electrons. The van der Waals surface area contributed by atoms with Gasteiger partial charge in [-0.1, -0.05) is 13.8 Å². The molecule has 0 aromatic carbocycles. The molecule has 0 aliphatic heterocycles. The zero-order valence-electron chi connectivity index (χ0n) is 11.2. The summed E-state index contributed by atoms with van der Waals surface area (Å²) >= 11 is 1.88. The van der Waals surface area contributed by atoms with Crippen molar-refractivity contribution in [1.82, 2.24) is 10.3 Å². The van der Waals surface area contributed by atoms with Crippen LogP contribution in [-0.4, -0.2) is 18.1 Å². The Balaban J connectivity index is 1.92. The highest BCUT2D eigenvalue weighted by molar-refractivity contribution is 7.09. The van der Waals surface area contributed by atoms with Crippen LogP contribution in [0.15, 0.2) is 5.38 Å². The van der Waals surface area contributed by atoms with Crippen molar-refractivity contribution in [3.8, 4) is 0 Å². The fraction of sp³-hybridized carbons (Fsp3) is 0.786. The van der Waals surface area contributed by atoms with Crippen molar-refractivity contribution >= 4 is 11.3 Å². The first-order valence-electron chi connectivity index (χ1n) is 6.80. The van der Waals surface area contributed by atoms with Crippen molar-refractivity contribution in [1.29, 1.82) is 0 Å². The Kier molecular flexibility index (Phi) is 4.57. The summed E-state index contributed by atoms with van der Waals surface area (Å²) in [5, 5.41) is 7.04. The lowest BCUT2D eigenvalue weighted by Gasteiger charge is -2.26. The molecule has 1 N–H and O–H groups in total. The van der Waals surface area contributed by atoms with Crippen molar-refractivity contribution in [3.05, 3.63) is 16.1 Å². The van der Waals surface area contributed by atoms with Gasteiger partial charge in [-0.25, -0.2) is 4.98 Å². The topological polar surface area (TPSA) is 24.9 Å². The third-order valence-electron chi connectivity index (χ3n) is 3.67. The Bertz CT molecular complexity index is 338. The van der Waals surface area contributed by atoms with Crippen molar-refractivity contribution in [2.24, 2.45) is 5.92 Å². The van der Waals surface area contributed by atoms with E-state index < -0.39 is 0 Å². The van der Waals surface area contributed by atoms with E-state index in [4.69, 9.17) is 4.98 Å². The molecule has 0 unspecified atom stereocenters. The Morgan fingerprint density at radius 2 is 2.06 bits per heavy atom. The van der Waals surface area contributed by atoms with E-state index in [0.717, 1.165) is 18.4 Å². The van der Waals surface area contributed by atoms with Gasteiger partial charge in [0, 0.05) is 17.3 Å². The van der Waals surface area contributed by atoms with Crippen molar-refractivity contribution in [3.63, 3.8) is 0 Å². The van der Waals surface area contributed by atoms with Gasteiger partial charge in [0.1, 0.15) is 0 Å². The van der Waals surface area contributed by atoms with E-state index in [9.17, 15) is 0 Å². The maximum absolute atomic E-state index is 4.82. The van der Waals surface area contributed by atoms with Crippen LogP contribution < -0.4 is 5.32 Å². The number of hydrogen-bond donors (Lipinski definition) is 1. The lowest BCUT2D eigenvalue weighted by atomic mass is 9.86. The van der Waals surface area contributed by atoms with Gasteiger partial charge in [-0.3, -0.25) is 0 Å². The van der Waals surface area contributed by atoms with Crippen molar-refractivity contribution in [2.75, 3.05) is 7.05 Å². The predicted molar refractivity (Wildman–Crippen MR) is 74.7 cm³/mol. The van der Waals surface area contributed by atoms with E-state index in [1.165, 1.54) is 36.4 Å². The number of hydrogen-bond acceptors (Lipinski definition) is 3. The van der Waals surface area contributed by atoms with Gasteiger partial charge in [0.15, 0.2) is 0 Å². The number of thiazole rings is 1. The van der Waals surface area contributed by atoms with Crippen LogP contribution in [0.2, 0.25) is 0 Å². The van der Waals surface area contributed by atoms with E-state index >= 15 is 0 Å². The van der Waals surface area contributed by atoms with Crippen LogP contribution in [0.25, 0.3) is 0 Å². The normalized spacial score (nSPS) is 25.4. The van der Waals surface area contributed by atoms with Crippen LogP contribution in [0.4, 0.5) is 0 Å². The van der Waals surface area contributed by atoms with Crippen LogP contribution in [0.1, 0.15) is 56.2 Å². The van der Waals surface area contributed by atoms with Gasteiger partial charge < -0.3 is 5.32 Å². The zero-order chi connectivity index (χ0) is 12.3. The first-order valence-corrected chi connectivity index (χ1v) is 7.68. The summed E-state index contributed by atoms with van der Waals surface area (Å²) < 4.78 is 0. The van der Waals surface area contributed by atoms with E-state index in [-0.39, 0.29) is 0 Å². The Hall–Kier alpha value is -0.410. The first kappa shape index (κ1) is 13.0. The summed E-state index contributed by atoms with van der Waals surface area (Å²) in [6, 6.07) is 0.737. The Labute approximate surface area is 109 Å². The Morgan fingerprint density at radius 3 is 2.65 bits per heavy atom. The van der Waals surface area contributed by atoms with E-state index in [1.807, 2.05) is 11.3 Å². The maximum Gasteiger partial charge on any atom is 0.0959 e. The minimum atomic E-state index is 0.713. The maximum atomic E-state index is 4.82. The molecule has 2 rings (SSSR count). The summed E-state index contributed by atoms with van der Waals surface area (Å²) in [7, 11) is 2.08. The SMILES string of the molecule is CNC1CCC(c2nc(CC(C)C)cs2)CC1. The molecule has 1 fully saturated rings. The number of nitrogens with one attached hydrogen (secondary N) is 1. The van der Waals surface area contributed by atoms with Crippen LogP contribution in [0.3, 0.4) is 0 Å². The fourth-order valence-corrected chi connectivity index (χ4v) is 3.66. The van der Waals surface area contributed by atoms with Crippen LogP contribution in [-0.2, 0) is 6.42 Å². The second kappa shape index (κ2) is 5.96. The molecule has 0 spiro atoms. The smallest absolute Gasteiger partial charge is 0.0959 e. The van der Waals surface area contributed by atoms with Crippen molar-refractivity contribution in [2.45, 2.75) is 57.9 Å². The number of nitrogens with zero attached hydrogens (tertiary/aromatic N) is 1. The summed E-state index contributed by atoms with van der Waals surface area (Å²) in [6.07, 6.45) is 6.35. The summed E-state index contributed by atoms with van der Waals surface area (Å²) in [5.41, 5.74) is 1.30. The predicted octanol–water partition coefficient (Wildman–Crippen LogP) is 3.59. The lowest BCUT2D eigenvalue weighted by molar-refractivity contribution is 0.358. The minimum absolute atomic E-state index is 0.713. The number of rotatable bonds is 4. The largest absolute Gasteiger partial charge is 0.317 e. The number of aromatic nitrogens is 1. The molecule has 0 bridgehead atoms. The zero-order valence-corrected chi connectivity index (χ0v) is 12.0. The monoisotopic (exact) mass is 252 g/mol. The second-order valence-electron chi connectivity index (χ2n) is 5.61. The fourth-order valence-electron chi connectivity index (χ4n) is 2.65. The molecular weight excluding hydrogens is 228 g/mol. The van der Waals surface area contributed by atoms with Gasteiger partial charge in [-0.2, -0.15) is 0 Å². The summed E-state index contributed by atoms with van der Waals surface area (Å²) in [4.78, 5) is 4.82. The molecule has 2 nitrogen and oxygen atoms in total. The van der Waals surface area contributed by atoms with E-state index in [1.54, 1.807) is 0 Å². The van der Waals surface area contributed by atoms with Crippen LogP contribution in [0, 0.1) is 5.92 Å². The summed E-state index contributed by atoms with van der Waals surface area (Å²) in [5.74, 6) is 1.44. The molecule has 0 saturated heterocycles. The highest BCUT2D eigenvalue weighted by atomic mass is 32.1. The van der Waals surface area contributed by atoms with Crippen LogP contribution in [0.5, 0.6) is 0 Å². The average Bonchev–Trinajstić information content (AvgIpc) is 2.77. The molecule has 17 heavy (non-hydrogen) atoms. The third-order valence-corrected chi connectivity index (χ3v) is 4.73. The minimum Gasteiger partial charge on any atom is -0.317 e. The third kappa shape index (κ3) is 3.52. The standard InChI is InChI=1S/C14H24N2S/c1-10(2)8-13-9-17-14(16-13)11-4-6-12(15-3)7-5-11/h9-12,15H,4-8H2,1-3H3. The highest BCUT2D eigenvalue weighted by Crippen LogP contribution is 2.34. The Morgan fingerprint density at radius 1 is 1.35 bits per heavy atom. The van der Waals surface area contributed by atoms with E-state index in [0.29, 0.717) is 5.92 Å². The molecule has 1 aromatic heterocycles. The van der Waals surface area contributed by atoms with E-state index in [2.05, 4.69) is 31.6 Å². The molecule has 1 saturated carbocycles. The van der Waals surface area contributed by atoms with Crippen LogP contribution >= 0.6 is 11.3 Å². The molecule has 1 aliphatic rings. The van der Waals surface area contributed by atoms with Gasteiger partial charge in [0.2, 0.25) is 0 Å². The first-order chi connectivity index (χ1) is 8.19. The lowest BCUT2D eigenvalue weighted by Crippen LogP contribution is -2.29. The van der Waals surface area contributed by atoms with Gasteiger partial charge in [0.05, 0.1) is 10.7 Å². The molecule has 0 amide bonds. The molecule has 1 heterocycles. The molecular formula is C14H24N2S. The highest BCUT2D eigenvalue weighted by Gasteiger charge is 2.23. The molecule has 96 valence electrons. The molecule has 3 heteroatoms.